The first kappa shape index (κ1) is 17.0. The Labute approximate surface area is 142 Å². The first-order valence-electron chi connectivity index (χ1n) is 8.60. The van der Waals surface area contributed by atoms with Gasteiger partial charge in [0.2, 0.25) is 5.91 Å². The van der Waals surface area contributed by atoms with Gasteiger partial charge in [-0.1, -0.05) is 38.1 Å². The van der Waals surface area contributed by atoms with Gasteiger partial charge in [-0.15, -0.1) is 0 Å². The number of amides is 1. The van der Waals surface area contributed by atoms with Crippen LogP contribution in [0.15, 0.2) is 24.3 Å². The van der Waals surface area contributed by atoms with E-state index in [2.05, 4.69) is 26.0 Å². The Morgan fingerprint density at radius 1 is 1.33 bits per heavy atom. The number of carboxylic acid groups (broad SMARTS) is 1. The summed E-state index contributed by atoms with van der Waals surface area (Å²) in [5, 5.41) is 9.65. The Morgan fingerprint density at radius 3 is 2.62 bits per heavy atom. The molecule has 24 heavy (non-hydrogen) atoms. The van der Waals surface area contributed by atoms with Crippen LogP contribution in [0.25, 0.3) is 0 Å². The third-order valence-corrected chi connectivity index (χ3v) is 5.45. The van der Waals surface area contributed by atoms with Crippen LogP contribution in [0.4, 0.5) is 0 Å². The lowest BCUT2D eigenvalue weighted by Gasteiger charge is -2.33. The SMILES string of the molecule is CC(C)c1ccc(CC(=O)N2C[C@@H]3CCOC[C@]3(C(=O)O)C2)cc1. The Bertz CT molecular complexity index is 625. The van der Waals surface area contributed by atoms with E-state index in [9.17, 15) is 14.7 Å². The van der Waals surface area contributed by atoms with Crippen LogP contribution >= 0.6 is 0 Å². The van der Waals surface area contributed by atoms with Crippen molar-refractivity contribution in [3.63, 3.8) is 0 Å². The van der Waals surface area contributed by atoms with E-state index in [1.165, 1.54) is 5.56 Å². The average molecular weight is 331 g/mol. The zero-order valence-electron chi connectivity index (χ0n) is 14.3. The fourth-order valence-corrected chi connectivity index (χ4v) is 3.79. The van der Waals surface area contributed by atoms with Gasteiger partial charge in [-0.05, 0) is 29.4 Å². The van der Waals surface area contributed by atoms with Crippen molar-refractivity contribution in [1.82, 2.24) is 4.90 Å². The highest BCUT2D eigenvalue weighted by Crippen LogP contribution is 2.41. The molecule has 2 aliphatic heterocycles. The quantitative estimate of drug-likeness (QED) is 0.919. The van der Waals surface area contributed by atoms with Gasteiger partial charge in [0.1, 0.15) is 5.41 Å². The number of carbonyl (C=O) groups excluding carboxylic acids is 1. The van der Waals surface area contributed by atoms with Gasteiger partial charge >= 0.3 is 5.97 Å². The van der Waals surface area contributed by atoms with E-state index in [1.807, 2.05) is 12.1 Å². The Hall–Kier alpha value is -1.88. The molecule has 2 fully saturated rings. The highest BCUT2D eigenvalue weighted by atomic mass is 16.5. The normalized spacial score (nSPS) is 26.5. The minimum atomic E-state index is -0.921. The summed E-state index contributed by atoms with van der Waals surface area (Å²) in [5.74, 6) is -0.381. The number of likely N-dealkylation sites (tertiary alicyclic amines) is 1. The van der Waals surface area contributed by atoms with Gasteiger partial charge in [-0.3, -0.25) is 9.59 Å². The molecule has 5 nitrogen and oxygen atoms in total. The molecule has 0 unspecified atom stereocenters. The molecule has 1 N–H and O–H groups in total. The van der Waals surface area contributed by atoms with E-state index in [4.69, 9.17) is 4.74 Å². The molecular weight excluding hydrogens is 306 g/mol. The van der Waals surface area contributed by atoms with E-state index in [1.54, 1.807) is 4.90 Å². The van der Waals surface area contributed by atoms with Crippen LogP contribution in [0.2, 0.25) is 0 Å². The monoisotopic (exact) mass is 331 g/mol. The predicted octanol–water partition coefficient (Wildman–Crippen LogP) is 2.30. The van der Waals surface area contributed by atoms with Crippen molar-refractivity contribution < 1.29 is 19.4 Å². The van der Waals surface area contributed by atoms with Gasteiger partial charge in [0.15, 0.2) is 0 Å². The van der Waals surface area contributed by atoms with Gasteiger partial charge in [0, 0.05) is 19.7 Å². The van der Waals surface area contributed by atoms with E-state index < -0.39 is 11.4 Å². The number of benzene rings is 1. The first-order valence-corrected chi connectivity index (χ1v) is 8.60. The lowest BCUT2D eigenvalue weighted by molar-refractivity contribution is -0.159. The molecule has 1 aromatic rings. The smallest absolute Gasteiger partial charge is 0.314 e. The number of hydrogen-bond donors (Lipinski definition) is 1. The van der Waals surface area contributed by atoms with E-state index in [0.29, 0.717) is 31.9 Å². The second-order valence-electron chi connectivity index (χ2n) is 7.35. The minimum absolute atomic E-state index is 0.00215. The Balaban J connectivity index is 1.68. The lowest BCUT2D eigenvalue weighted by atomic mass is 9.76. The summed E-state index contributed by atoms with van der Waals surface area (Å²) >= 11 is 0. The number of hydrogen-bond acceptors (Lipinski definition) is 3. The zero-order chi connectivity index (χ0) is 17.3. The van der Waals surface area contributed by atoms with Gasteiger partial charge in [-0.25, -0.2) is 0 Å². The van der Waals surface area contributed by atoms with Crippen molar-refractivity contribution in [2.45, 2.75) is 32.6 Å². The number of nitrogens with zero attached hydrogens (tertiary/aromatic N) is 1. The third-order valence-electron chi connectivity index (χ3n) is 5.45. The van der Waals surface area contributed by atoms with Crippen molar-refractivity contribution >= 4 is 11.9 Å². The van der Waals surface area contributed by atoms with Gasteiger partial charge in [-0.2, -0.15) is 0 Å². The first-order chi connectivity index (χ1) is 11.4. The van der Waals surface area contributed by atoms with Gasteiger partial charge in [0.25, 0.3) is 0 Å². The molecule has 0 spiro atoms. The number of ether oxygens (including phenoxy) is 1. The Morgan fingerprint density at radius 2 is 2.04 bits per heavy atom. The molecule has 0 saturated carbocycles. The van der Waals surface area contributed by atoms with Crippen LogP contribution < -0.4 is 0 Å². The van der Waals surface area contributed by atoms with E-state index >= 15 is 0 Å². The zero-order valence-corrected chi connectivity index (χ0v) is 14.3. The second-order valence-corrected chi connectivity index (χ2v) is 7.35. The van der Waals surface area contributed by atoms with E-state index in [0.717, 1.165) is 5.56 Å². The van der Waals surface area contributed by atoms with Crippen molar-refractivity contribution in [2.24, 2.45) is 11.3 Å². The summed E-state index contributed by atoms with van der Waals surface area (Å²) < 4.78 is 5.41. The highest BCUT2D eigenvalue weighted by molar-refractivity contribution is 5.82. The molecule has 0 radical (unpaired) electrons. The van der Waals surface area contributed by atoms with Gasteiger partial charge in [0.05, 0.1) is 13.0 Å². The summed E-state index contributed by atoms with van der Waals surface area (Å²) in [7, 11) is 0. The molecule has 1 amide bonds. The third kappa shape index (κ3) is 3.05. The predicted molar refractivity (Wildman–Crippen MR) is 89.8 cm³/mol. The maximum absolute atomic E-state index is 12.6. The molecule has 1 aromatic carbocycles. The van der Waals surface area contributed by atoms with Crippen molar-refractivity contribution in [2.75, 3.05) is 26.3 Å². The fourth-order valence-electron chi connectivity index (χ4n) is 3.79. The second kappa shape index (κ2) is 6.55. The molecule has 2 saturated heterocycles. The molecule has 130 valence electrons. The van der Waals surface area contributed by atoms with Gasteiger partial charge < -0.3 is 14.7 Å². The summed E-state index contributed by atoms with van der Waals surface area (Å²) in [6.07, 6.45) is 1.03. The largest absolute Gasteiger partial charge is 0.481 e. The molecule has 2 heterocycles. The molecule has 2 aliphatic rings. The minimum Gasteiger partial charge on any atom is -0.481 e. The number of carbonyl (C=O) groups is 2. The van der Waals surface area contributed by atoms with Crippen LogP contribution in [0.3, 0.4) is 0 Å². The molecule has 0 aromatic heterocycles. The molecule has 0 aliphatic carbocycles. The summed E-state index contributed by atoms with van der Waals surface area (Å²) in [6, 6.07) is 8.10. The van der Waals surface area contributed by atoms with Crippen molar-refractivity contribution in [3.05, 3.63) is 35.4 Å². The average Bonchev–Trinajstić information content (AvgIpc) is 2.96. The summed E-state index contributed by atoms with van der Waals surface area (Å²) in [5.41, 5.74) is 1.30. The van der Waals surface area contributed by atoms with Crippen molar-refractivity contribution in [3.8, 4) is 0 Å². The lowest BCUT2D eigenvalue weighted by Crippen LogP contribution is -2.46. The number of aliphatic carboxylic acids is 1. The Kier molecular flexibility index (Phi) is 4.63. The van der Waals surface area contributed by atoms with Crippen molar-refractivity contribution in [1.29, 1.82) is 0 Å². The fraction of sp³-hybridized carbons (Fsp3) is 0.579. The topological polar surface area (TPSA) is 66.8 Å². The van der Waals surface area contributed by atoms with Crippen LogP contribution in [0.5, 0.6) is 0 Å². The maximum atomic E-state index is 12.6. The maximum Gasteiger partial charge on any atom is 0.314 e. The van der Waals surface area contributed by atoms with Crippen LogP contribution in [0.1, 0.15) is 37.3 Å². The van der Waals surface area contributed by atoms with Crippen LogP contribution in [0, 0.1) is 11.3 Å². The summed E-state index contributed by atoms with van der Waals surface area (Å²) in [4.78, 5) is 26.1. The number of fused-ring (bicyclic) bond motifs is 1. The number of rotatable bonds is 4. The molecule has 0 bridgehead atoms. The number of carboxylic acids is 1. The van der Waals surface area contributed by atoms with E-state index in [-0.39, 0.29) is 25.0 Å². The standard InChI is InChI=1S/C19H25NO4/c1-13(2)15-5-3-14(4-6-15)9-17(21)20-10-16-7-8-24-12-19(16,11-20)18(22)23/h3-6,13,16H,7-12H2,1-2H3,(H,22,23)/t16-,19+/m0/s1. The molecule has 5 heteroatoms. The molecular formula is C19H25NO4. The molecule has 3 rings (SSSR count). The van der Waals surface area contributed by atoms with Crippen LogP contribution in [-0.2, 0) is 20.7 Å². The van der Waals surface area contributed by atoms with Crippen LogP contribution in [-0.4, -0.2) is 48.2 Å². The summed E-state index contributed by atoms with van der Waals surface area (Å²) in [6.45, 7) is 5.85. The molecule has 2 atom stereocenters. The highest BCUT2D eigenvalue weighted by Gasteiger charge is 2.55.